The van der Waals surface area contributed by atoms with Gasteiger partial charge in [0.1, 0.15) is 17.4 Å². The first-order chi connectivity index (χ1) is 11.8. The highest BCUT2D eigenvalue weighted by Gasteiger charge is 2.37. The molecular formula is C17H15BrN2O5. The van der Waals surface area contributed by atoms with Crippen molar-refractivity contribution in [2.24, 2.45) is 5.73 Å². The zero-order chi connectivity index (χ0) is 18.7. The summed E-state index contributed by atoms with van der Waals surface area (Å²) in [7, 11) is 0. The van der Waals surface area contributed by atoms with E-state index in [9.17, 15) is 20.0 Å². The van der Waals surface area contributed by atoms with Crippen LogP contribution < -0.4 is 5.73 Å². The van der Waals surface area contributed by atoms with Crippen molar-refractivity contribution in [3.8, 4) is 6.07 Å². The van der Waals surface area contributed by atoms with E-state index in [1.165, 1.54) is 25.1 Å². The lowest BCUT2D eigenvalue weighted by molar-refractivity contribution is -0.139. The van der Waals surface area contributed by atoms with Crippen molar-refractivity contribution in [3.63, 3.8) is 0 Å². The first-order valence-corrected chi connectivity index (χ1v) is 8.09. The highest BCUT2D eigenvalue weighted by Crippen LogP contribution is 2.42. The van der Waals surface area contributed by atoms with Crippen LogP contribution in [0.5, 0.6) is 0 Å². The lowest BCUT2D eigenvalue weighted by Crippen LogP contribution is -2.26. The molecule has 7 nitrogen and oxygen atoms in total. The summed E-state index contributed by atoms with van der Waals surface area (Å²) in [6.45, 7) is 3.33. The maximum absolute atomic E-state index is 12.4. The van der Waals surface area contributed by atoms with Crippen LogP contribution in [0.2, 0.25) is 0 Å². The second-order valence-electron chi connectivity index (χ2n) is 5.16. The van der Waals surface area contributed by atoms with E-state index in [1.807, 2.05) is 6.07 Å². The molecule has 0 bridgehead atoms. The Balaban J connectivity index is 2.73. The number of carboxylic acids is 1. The van der Waals surface area contributed by atoms with Gasteiger partial charge in [0.15, 0.2) is 0 Å². The van der Waals surface area contributed by atoms with Crippen LogP contribution in [0, 0.1) is 11.3 Å². The summed E-state index contributed by atoms with van der Waals surface area (Å²) >= 11 is 3.35. The van der Waals surface area contributed by atoms with Gasteiger partial charge in [0.05, 0.1) is 23.7 Å². The molecule has 1 heterocycles. The molecule has 1 unspecified atom stereocenters. The molecule has 0 aliphatic carbocycles. The van der Waals surface area contributed by atoms with E-state index in [0.29, 0.717) is 10.0 Å². The SMILES string of the molecule is CCOC(=O)C1=C(C)OC(N)=C(C#N)C1c1cc(C(=O)O)ccc1Br. The molecule has 0 saturated heterocycles. The molecule has 25 heavy (non-hydrogen) atoms. The van der Waals surface area contributed by atoms with Crippen LogP contribution in [-0.2, 0) is 14.3 Å². The number of nitriles is 1. The molecule has 1 aliphatic rings. The molecule has 0 radical (unpaired) electrons. The maximum atomic E-state index is 12.4. The summed E-state index contributed by atoms with van der Waals surface area (Å²) in [5.74, 6) is -2.61. The van der Waals surface area contributed by atoms with Gasteiger partial charge in [0.25, 0.3) is 0 Å². The average Bonchev–Trinajstić information content (AvgIpc) is 2.54. The number of carboxylic acid groups (broad SMARTS) is 1. The number of halogens is 1. The zero-order valence-corrected chi connectivity index (χ0v) is 15.1. The number of esters is 1. The largest absolute Gasteiger partial charge is 0.478 e. The number of carbonyl (C=O) groups excluding carboxylic acids is 1. The Bertz CT molecular complexity index is 851. The molecule has 1 aromatic carbocycles. The summed E-state index contributed by atoms with van der Waals surface area (Å²) < 4.78 is 10.9. The van der Waals surface area contributed by atoms with Crippen molar-refractivity contribution in [2.45, 2.75) is 19.8 Å². The van der Waals surface area contributed by atoms with Crippen LogP contribution >= 0.6 is 15.9 Å². The van der Waals surface area contributed by atoms with E-state index in [2.05, 4.69) is 15.9 Å². The Labute approximate surface area is 152 Å². The predicted octanol–water partition coefficient (Wildman–Crippen LogP) is 2.79. The number of nitrogens with zero attached hydrogens (tertiary/aromatic N) is 1. The van der Waals surface area contributed by atoms with Gasteiger partial charge in [0, 0.05) is 4.47 Å². The minimum Gasteiger partial charge on any atom is -0.478 e. The second-order valence-corrected chi connectivity index (χ2v) is 6.01. The fraction of sp³-hybridized carbons (Fsp3) is 0.235. The van der Waals surface area contributed by atoms with Gasteiger partial charge in [-0.2, -0.15) is 5.26 Å². The van der Waals surface area contributed by atoms with Gasteiger partial charge in [-0.3, -0.25) is 0 Å². The van der Waals surface area contributed by atoms with Gasteiger partial charge in [-0.1, -0.05) is 15.9 Å². The number of rotatable bonds is 4. The van der Waals surface area contributed by atoms with Crippen LogP contribution in [0.15, 0.2) is 45.5 Å². The van der Waals surface area contributed by atoms with Crippen molar-refractivity contribution >= 4 is 27.9 Å². The highest BCUT2D eigenvalue weighted by atomic mass is 79.9. The first kappa shape index (κ1) is 18.5. The smallest absolute Gasteiger partial charge is 0.338 e. The van der Waals surface area contributed by atoms with E-state index in [1.54, 1.807) is 6.92 Å². The number of ether oxygens (including phenoxy) is 2. The van der Waals surface area contributed by atoms with Crippen molar-refractivity contribution in [1.29, 1.82) is 5.26 Å². The maximum Gasteiger partial charge on any atom is 0.338 e. The number of carbonyl (C=O) groups is 2. The van der Waals surface area contributed by atoms with E-state index in [-0.39, 0.29) is 35.0 Å². The monoisotopic (exact) mass is 406 g/mol. The first-order valence-electron chi connectivity index (χ1n) is 7.30. The molecule has 0 spiro atoms. The number of benzene rings is 1. The molecule has 1 atom stereocenters. The summed E-state index contributed by atoms with van der Waals surface area (Å²) in [5.41, 5.74) is 6.35. The van der Waals surface area contributed by atoms with Gasteiger partial charge in [-0.05, 0) is 37.6 Å². The normalized spacial score (nSPS) is 17.0. The Kier molecular flexibility index (Phi) is 5.49. The molecule has 1 aromatic rings. The van der Waals surface area contributed by atoms with Crippen LogP contribution in [0.1, 0.15) is 35.7 Å². The standard InChI is InChI=1S/C17H15BrN2O5/c1-3-24-17(23)13-8(2)25-15(20)11(7-19)14(13)10-6-9(16(21)22)4-5-12(10)18/h4-6,14H,3,20H2,1-2H3,(H,21,22). The van der Waals surface area contributed by atoms with Crippen LogP contribution in [0.3, 0.4) is 0 Å². The van der Waals surface area contributed by atoms with Crippen molar-refractivity contribution in [3.05, 3.63) is 56.6 Å². The van der Waals surface area contributed by atoms with E-state index < -0.39 is 17.9 Å². The number of nitrogens with two attached hydrogens (primary N) is 1. The molecule has 0 aromatic heterocycles. The van der Waals surface area contributed by atoms with Gasteiger partial charge in [-0.25, -0.2) is 9.59 Å². The fourth-order valence-electron chi connectivity index (χ4n) is 2.56. The molecule has 0 fully saturated rings. The van der Waals surface area contributed by atoms with Gasteiger partial charge < -0.3 is 20.3 Å². The minimum atomic E-state index is -1.13. The van der Waals surface area contributed by atoms with Crippen molar-refractivity contribution < 1.29 is 24.2 Å². The number of hydrogen-bond donors (Lipinski definition) is 2. The third-order valence-corrected chi connectivity index (χ3v) is 4.38. The third kappa shape index (κ3) is 3.51. The molecule has 3 N–H and O–H groups in total. The van der Waals surface area contributed by atoms with E-state index >= 15 is 0 Å². The summed E-state index contributed by atoms with van der Waals surface area (Å²) in [5, 5.41) is 18.7. The molecular weight excluding hydrogens is 392 g/mol. The zero-order valence-electron chi connectivity index (χ0n) is 13.5. The summed E-state index contributed by atoms with van der Waals surface area (Å²) in [6, 6.07) is 6.28. The van der Waals surface area contributed by atoms with E-state index in [4.69, 9.17) is 15.2 Å². The Morgan fingerprint density at radius 3 is 2.72 bits per heavy atom. The fourth-order valence-corrected chi connectivity index (χ4v) is 3.04. The van der Waals surface area contributed by atoms with Gasteiger partial charge >= 0.3 is 11.9 Å². The van der Waals surface area contributed by atoms with Crippen molar-refractivity contribution in [2.75, 3.05) is 6.61 Å². The number of aromatic carboxylic acids is 1. The Morgan fingerprint density at radius 2 is 2.16 bits per heavy atom. The quantitative estimate of drug-likeness (QED) is 0.736. The molecule has 1 aliphatic heterocycles. The molecule has 0 saturated carbocycles. The molecule has 8 heteroatoms. The number of allylic oxidation sites excluding steroid dienone is 2. The highest BCUT2D eigenvalue weighted by molar-refractivity contribution is 9.10. The Morgan fingerprint density at radius 1 is 1.48 bits per heavy atom. The van der Waals surface area contributed by atoms with E-state index in [0.717, 1.165) is 0 Å². The Hall–Kier alpha value is -2.79. The minimum absolute atomic E-state index is 0.0110. The summed E-state index contributed by atoms with van der Waals surface area (Å²) in [6.07, 6.45) is 0. The van der Waals surface area contributed by atoms with Crippen LogP contribution in [-0.4, -0.2) is 23.7 Å². The van der Waals surface area contributed by atoms with Crippen molar-refractivity contribution in [1.82, 2.24) is 0 Å². The topological polar surface area (TPSA) is 123 Å². The van der Waals surface area contributed by atoms with Crippen LogP contribution in [0.25, 0.3) is 0 Å². The lowest BCUT2D eigenvalue weighted by Gasteiger charge is -2.27. The predicted molar refractivity (Wildman–Crippen MR) is 91.1 cm³/mol. The third-order valence-electron chi connectivity index (χ3n) is 3.65. The lowest BCUT2D eigenvalue weighted by atomic mass is 9.82. The average molecular weight is 407 g/mol. The molecule has 2 rings (SSSR count). The summed E-state index contributed by atoms with van der Waals surface area (Å²) in [4.78, 5) is 23.7. The van der Waals surface area contributed by atoms with Crippen LogP contribution in [0.4, 0.5) is 0 Å². The van der Waals surface area contributed by atoms with Gasteiger partial charge in [0.2, 0.25) is 5.88 Å². The molecule has 0 amide bonds. The number of hydrogen-bond acceptors (Lipinski definition) is 6. The molecule has 130 valence electrons. The second kappa shape index (κ2) is 7.40. The van der Waals surface area contributed by atoms with Gasteiger partial charge in [-0.15, -0.1) is 0 Å².